The Morgan fingerprint density at radius 1 is 0.906 bits per heavy atom. The number of hydrogen-bond donors (Lipinski definition) is 1. The van der Waals surface area contributed by atoms with Gasteiger partial charge >= 0.3 is 5.97 Å². The Morgan fingerprint density at radius 3 is 2.22 bits per heavy atom. The second-order valence-corrected chi connectivity index (χ2v) is 8.20. The number of anilines is 1. The second kappa shape index (κ2) is 9.77. The van der Waals surface area contributed by atoms with E-state index in [0.29, 0.717) is 5.69 Å². The van der Waals surface area contributed by atoms with Crippen molar-refractivity contribution >= 4 is 29.4 Å². The Hall–Kier alpha value is -3.48. The van der Waals surface area contributed by atoms with Crippen molar-refractivity contribution in [3.63, 3.8) is 0 Å². The zero-order valence-electron chi connectivity index (χ0n) is 17.8. The molecule has 2 aliphatic rings. The van der Waals surface area contributed by atoms with Crippen molar-refractivity contribution < 1.29 is 23.9 Å². The van der Waals surface area contributed by atoms with Crippen molar-refractivity contribution in [3.8, 4) is 11.1 Å². The largest absolute Gasteiger partial charge is 0.456 e. The quantitative estimate of drug-likeness (QED) is 0.533. The number of ether oxygens (including phenoxy) is 1. The highest BCUT2D eigenvalue weighted by atomic mass is 16.5. The molecule has 1 N–H and O–H groups in total. The molecule has 2 aromatic carbocycles. The van der Waals surface area contributed by atoms with Crippen LogP contribution in [0.5, 0.6) is 0 Å². The topological polar surface area (TPSA) is 92.8 Å². The molecule has 0 aromatic heterocycles. The van der Waals surface area contributed by atoms with Gasteiger partial charge in [0.15, 0.2) is 6.61 Å². The van der Waals surface area contributed by atoms with Crippen LogP contribution in [0, 0.1) is 11.8 Å². The smallest absolute Gasteiger partial charge is 0.308 e. The van der Waals surface area contributed by atoms with Gasteiger partial charge in [0.25, 0.3) is 5.91 Å². The molecular weight excluding hydrogens is 408 g/mol. The Morgan fingerprint density at radius 2 is 1.53 bits per heavy atom. The number of nitrogens with one attached hydrogen (secondary N) is 1. The van der Waals surface area contributed by atoms with Gasteiger partial charge in [-0.05, 0) is 24.5 Å². The maximum absolute atomic E-state index is 12.5. The number of carbonyl (C=O) groups is 4. The lowest BCUT2D eigenvalue weighted by atomic mass is 9.81. The van der Waals surface area contributed by atoms with Crippen molar-refractivity contribution in [2.75, 3.05) is 18.5 Å². The number of esters is 1. The fourth-order valence-corrected chi connectivity index (χ4v) is 4.52. The third-order valence-electron chi connectivity index (χ3n) is 6.12. The molecular formula is C25H26N2O5. The first-order chi connectivity index (χ1) is 15.5. The van der Waals surface area contributed by atoms with Crippen LogP contribution in [-0.2, 0) is 23.9 Å². The van der Waals surface area contributed by atoms with E-state index in [4.69, 9.17) is 4.74 Å². The van der Waals surface area contributed by atoms with Crippen molar-refractivity contribution in [2.24, 2.45) is 11.8 Å². The maximum Gasteiger partial charge on any atom is 0.308 e. The van der Waals surface area contributed by atoms with Crippen LogP contribution in [0.4, 0.5) is 5.69 Å². The summed E-state index contributed by atoms with van der Waals surface area (Å²) in [5.74, 6) is -1.90. The Kier molecular flexibility index (Phi) is 6.63. The summed E-state index contributed by atoms with van der Waals surface area (Å²) in [7, 11) is 0. The van der Waals surface area contributed by atoms with E-state index >= 15 is 0 Å². The molecule has 0 radical (unpaired) electrons. The first kappa shape index (κ1) is 21.7. The van der Waals surface area contributed by atoms with Crippen LogP contribution < -0.4 is 5.32 Å². The molecule has 2 unspecified atom stereocenters. The van der Waals surface area contributed by atoms with Gasteiger partial charge < -0.3 is 10.1 Å². The highest BCUT2D eigenvalue weighted by Crippen LogP contribution is 2.38. The number of likely N-dealkylation sites (tertiary alicyclic amines) is 1. The predicted octanol–water partition coefficient (Wildman–Crippen LogP) is 3.40. The van der Waals surface area contributed by atoms with Crippen molar-refractivity contribution in [1.29, 1.82) is 0 Å². The zero-order valence-corrected chi connectivity index (χ0v) is 17.8. The van der Waals surface area contributed by atoms with E-state index in [9.17, 15) is 19.2 Å². The third-order valence-corrected chi connectivity index (χ3v) is 6.12. The molecule has 2 atom stereocenters. The van der Waals surface area contributed by atoms with Crippen molar-refractivity contribution in [2.45, 2.75) is 32.1 Å². The summed E-state index contributed by atoms with van der Waals surface area (Å²) in [5, 5.41) is 2.77. The summed E-state index contributed by atoms with van der Waals surface area (Å²) in [6, 6.07) is 17.0. The SMILES string of the molecule is O=C(COC(=O)CCN1C(=O)C2CCCCC2C1=O)Nc1ccccc1-c1ccccc1. The molecule has 7 nitrogen and oxygen atoms in total. The molecule has 3 amide bonds. The van der Waals surface area contributed by atoms with Gasteiger partial charge in [-0.15, -0.1) is 0 Å². The lowest BCUT2D eigenvalue weighted by Gasteiger charge is -2.19. The summed E-state index contributed by atoms with van der Waals surface area (Å²) in [4.78, 5) is 50.6. The number of nitrogens with zero attached hydrogens (tertiary/aromatic N) is 1. The zero-order chi connectivity index (χ0) is 22.5. The van der Waals surface area contributed by atoms with Crippen molar-refractivity contribution in [3.05, 3.63) is 54.6 Å². The molecule has 7 heteroatoms. The Labute approximate surface area is 186 Å². The minimum Gasteiger partial charge on any atom is -0.456 e. The molecule has 1 saturated carbocycles. The minimum atomic E-state index is -0.619. The Balaban J connectivity index is 1.27. The number of carbonyl (C=O) groups excluding carboxylic acids is 4. The predicted molar refractivity (Wildman–Crippen MR) is 118 cm³/mol. The number of benzene rings is 2. The molecule has 1 heterocycles. The minimum absolute atomic E-state index is 0.00194. The van der Waals surface area contributed by atoms with Crippen LogP contribution in [0.3, 0.4) is 0 Å². The number of fused-ring (bicyclic) bond motifs is 1. The fourth-order valence-electron chi connectivity index (χ4n) is 4.52. The summed E-state index contributed by atoms with van der Waals surface area (Å²) in [6.07, 6.45) is 3.27. The average molecular weight is 434 g/mol. The van der Waals surface area contributed by atoms with Crippen LogP contribution in [-0.4, -0.2) is 41.7 Å². The second-order valence-electron chi connectivity index (χ2n) is 8.20. The van der Waals surface area contributed by atoms with Gasteiger partial charge in [-0.1, -0.05) is 61.4 Å². The van der Waals surface area contributed by atoms with Crippen LogP contribution in [0.15, 0.2) is 54.6 Å². The lowest BCUT2D eigenvalue weighted by Crippen LogP contribution is -2.33. The normalized spacial score (nSPS) is 20.1. The van der Waals surface area contributed by atoms with E-state index in [2.05, 4.69) is 5.32 Å². The van der Waals surface area contributed by atoms with Crippen molar-refractivity contribution in [1.82, 2.24) is 4.90 Å². The van der Waals surface area contributed by atoms with E-state index < -0.39 is 18.5 Å². The number of para-hydroxylation sites is 1. The van der Waals surface area contributed by atoms with E-state index in [-0.39, 0.29) is 36.6 Å². The molecule has 32 heavy (non-hydrogen) atoms. The number of amides is 3. The molecule has 0 spiro atoms. The average Bonchev–Trinajstić information content (AvgIpc) is 3.07. The molecule has 0 bridgehead atoms. The van der Waals surface area contributed by atoms with Crippen LogP contribution in [0.2, 0.25) is 0 Å². The first-order valence-electron chi connectivity index (χ1n) is 11.0. The van der Waals surface area contributed by atoms with Gasteiger partial charge in [0.05, 0.1) is 18.3 Å². The standard InChI is InChI=1S/C25H26N2O5/c28-22(26-21-13-7-6-10-18(21)17-8-2-1-3-9-17)16-32-23(29)14-15-27-24(30)19-11-4-5-12-20(19)25(27)31/h1-3,6-10,13,19-20H,4-5,11-12,14-16H2,(H,26,28). The summed E-state index contributed by atoms with van der Waals surface area (Å²) < 4.78 is 5.07. The van der Waals surface area contributed by atoms with Crippen LogP contribution >= 0.6 is 0 Å². The van der Waals surface area contributed by atoms with Crippen LogP contribution in [0.25, 0.3) is 11.1 Å². The highest BCUT2D eigenvalue weighted by molar-refractivity contribution is 6.05. The Bertz CT molecular complexity index is 996. The third kappa shape index (κ3) is 4.72. The molecule has 1 saturated heterocycles. The molecule has 2 aromatic rings. The van der Waals surface area contributed by atoms with Gasteiger partial charge in [-0.2, -0.15) is 0 Å². The maximum atomic E-state index is 12.5. The highest BCUT2D eigenvalue weighted by Gasteiger charge is 2.47. The summed E-state index contributed by atoms with van der Waals surface area (Å²) in [6.45, 7) is -0.433. The van der Waals surface area contributed by atoms with Crippen LogP contribution in [0.1, 0.15) is 32.1 Å². The summed E-state index contributed by atoms with van der Waals surface area (Å²) >= 11 is 0. The fraction of sp³-hybridized carbons (Fsp3) is 0.360. The number of hydrogen-bond acceptors (Lipinski definition) is 5. The molecule has 2 fully saturated rings. The van der Waals surface area contributed by atoms with E-state index in [1.54, 1.807) is 6.07 Å². The van der Waals surface area contributed by atoms with Gasteiger partial charge in [-0.25, -0.2) is 0 Å². The van der Waals surface area contributed by atoms with Gasteiger partial charge in [0.1, 0.15) is 0 Å². The van der Waals surface area contributed by atoms with Gasteiger partial charge in [0, 0.05) is 17.8 Å². The molecule has 1 aliphatic carbocycles. The van der Waals surface area contributed by atoms with E-state index in [1.165, 1.54) is 4.90 Å². The monoisotopic (exact) mass is 434 g/mol. The molecule has 166 valence electrons. The number of imide groups is 1. The van der Waals surface area contributed by atoms with E-state index in [0.717, 1.165) is 36.8 Å². The van der Waals surface area contributed by atoms with Gasteiger partial charge in [0.2, 0.25) is 11.8 Å². The molecule has 1 aliphatic heterocycles. The first-order valence-corrected chi connectivity index (χ1v) is 11.0. The summed E-state index contributed by atoms with van der Waals surface area (Å²) in [5.41, 5.74) is 2.44. The van der Waals surface area contributed by atoms with Gasteiger partial charge in [-0.3, -0.25) is 24.1 Å². The lowest BCUT2D eigenvalue weighted by molar-refractivity contribution is -0.148. The van der Waals surface area contributed by atoms with E-state index in [1.807, 2.05) is 48.5 Å². The molecule has 4 rings (SSSR count). The number of rotatable bonds is 7.